The van der Waals surface area contributed by atoms with Crippen LogP contribution in [0.25, 0.3) is 0 Å². The van der Waals surface area contributed by atoms with E-state index in [-0.39, 0.29) is 17.5 Å². The lowest BCUT2D eigenvalue weighted by atomic mass is 10.3. The summed E-state index contributed by atoms with van der Waals surface area (Å²) in [7, 11) is 0. The molecular formula is C9H13N3O2. The second kappa shape index (κ2) is 4.04. The standard InChI is InChI=1S/C9H13N3O2/c1-5-4-8(14)12-9(10-5)6(2)11-7(3)13/h4,6H,1-3H3,(H,11,13)(H,10,12,14). The van der Waals surface area contributed by atoms with E-state index in [2.05, 4.69) is 15.3 Å². The predicted molar refractivity (Wildman–Crippen MR) is 51.8 cm³/mol. The fourth-order valence-electron chi connectivity index (χ4n) is 1.18. The van der Waals surface area contributed by atoms with Gasteiger partial charge in [0.05, 0.1) is 6.04 Å². The van der Waals surface area contributed by atoms with E-state index in [0.29, 0.717) is 11.5 Å². The molecule has 14 heavy (non-hydrogen) atoms. The van der Waals surface area contributed by atoms with Gasteiger partial charge in [-0.25, -0.2) is 4.98 Å². The molecule has 76 valence electrons. The fourth-order valence-corrected chi connectivity index (χ4v) is 1.18. The Balaban J connectivity index is 2.95. The van der Waals surface area contributed by atoms with Gasteiger partial charge in [-0.05, 0) is 13.8 Å². The number of hydrogen-bond acceptors (Lipinski definition) is 3. The number of aromatic nitrogens is 2. The molecule has 0 fully saturated rings. The highest BCUT2D eigenvalue weighted by molar-refractivity contribution is 5.73. The van der Waals surface area contributed by atoms with Crippen molar-refractivity contribution in [3.05, 3.63) is 27.9 Å². The first-order valence-corrected chi connectivity index (χ1v) is 4.34. The van der Waals surface area contributed by atoms with Crippen molar-refractivity contribution in [1.29, 1.82) is 0 Å². The number of H-pyrrole nitrogens is 1. The number of carbonyl (C=O) groups is 1. The van der Waals surface area contributed by atoms with Crippen LogP contribution in [-0.4, -0.2) is 15.9 Å². The maximum absolute atomic E-state index is 11.1. The van der Waals surface area contributed by atoms with Crippen molar-refractivity contribution < 1.29 is 4.79 Å². The largest absolute Gasteiger partial charge is 0.347 e. The predicted octanol–water partition coefficient (Wildman–Crippen LogP) is 0.275. The van der Waals surface area contributed by atoms with Crippen LogP contribution in [0.5, 0.6) is 0 Å². The summed E-state index contributed by atoms with van der Waals surface area (Å²) < 4.78 is 0. The minimum absolute atomic E-state index is 0.151. The minimum Gasteiger partial charge on any atom is -0.347 e. The SMILES string of the molecule is CC(=O)NC(C)c1nc(C)cc(=O)[nH]1. The first-order valence-electron chi connectivity index (χ1n) is 4.34. The van der Waals surface area contributed by atoms with E-state index < -0.39 is 0 Å². The summed E-state index contributed by atoms with van der Waals surface area (Å²) >= 11 is 0. The van der Waals surface area contributed by atoms with Gasteiger partial charge < -0.3 is 10.3 Å². The van der Waals surface area contributed by atoms with Gasteiger partial charge in [-0.2, -0.15) is 0 Å². The number of aryl methyl sites for hydroxylation is 1. The van der Waals surface area contributed by atoms with Crippen LogP contribution in [0.1, 0.15) is 31.4 Å². The first-order chi connectivity index (χ1) is 6.49. The highest BCUT2D eigenvalue weighted by atomic mass is 16.1. The molecular weight excluding hydrogens is 182 g/mol. The summed E-state index contributed by atoms with van der Waals surface area (Å²) in [5, 5.41) is 2.64. The Morgan fingerprint density at radius 3 is 2.79 bits per heavy atom. The summed E-state index contributed by atoms with van der Waals surface area (Å²) in [6, 6.07) is 1.13. The Morgan fingerprint density at radius 1 is 1.64 bits per heavy atom. The van der Waals surface area contributed by atoms with Gasteiger partial charge in [0.1, 0.15) is 5.82 Å². The molecule has 5 heteroatoms. The molecule has 1 amide bonds. The van der Waals surface area contributed by atoms with Crippen LogP contribution in [0.3, 0.4) is 0 Å². The smallest absolute Gasteiger partial charge is 0.251 e. The van der Waals surface area contributed by atoms with Crippen molar-refractivity contribution >= 4 is 5.91 Å². The molecule has 1 unspecified atom stereocenters. The van der Waals surface area contributed by atoms with Gasteiger partial charge in [0, 0.05) is 18.7 Å². The lowest BCUT2D eigenvalue weighted by Crippen LogP contribution is -2.27. The quantitative estimate of drug-likeness (QED) is 0.711. The summed E-state index contributed by atoms with van der Waals surface area (Å²) in [6.07, 6.45) is 0. The number of nitrogens with one attached hydrogen (secondary N) is 2. The van der Waals surface area contributed by atoms with Gasteiger partial charge in [0.25, 0.3) is 5.56 Å². The van der Waals surface area contributed by atoms with Crippen molar-refractivity contribution in [2.24, 2.45) is 0 Å². The third-order valence-electron chi connectivity index (χ3n) is 1.72. The second-order valence-electron chi connectivity index (χ2n) is 3.19. The molecule has 0 spiro atoms. The van der Waals surface area contributed by atoms with E-state index in [1.807, 2.05) is 0 Å². The molecule has 0 radical (unpaired) electrons. The van der Waals surface area contributed by atoms with Crippen LogP contribution in [0, 0.1) is 6.92 Å². The van der Waals surface area contributed by atoms with Crippen LogP contribution in [0.15, 0.2) is 10.9 Å². The number of carbonyl (C=O) groups excluding carboxylic acids is 1. The van der Waals surface area contributed by atoms with Crippen molar-refractivity contribution in [1.82, 2.24) is 15.3 Å². The van der Waals surface area contributed by atoms with Gasteiger partial charge in [-0.1, -0.05) is 0 Å². The molecule has 0 aromatic carbocycles. The summed E-state index contributed by atoms with van der Waals surface area (Å²) in [5.41, 5.74) is 0.436. The Morgan fingerprint density at radius 2 is 2.29 bits per heavy atom. The molecule has 0 saturated heterocycles. The molecule has 0 bridgehead atoms. The Labute approximate surface area is 81.6 Å². The molecule has 0 saturated carbocycles. The molecule has 2 N–H and O–H groups in total. The van der Waals surface area contributed by atoms with Crippen LogP contribution in [0.2, 0.25) is 0 Å². The Bertz CT molecular complexity index is 397. The molecule has 1 aromatic rings. The number of amides is 1. The highest BCUT2D eigenvalue weighted by Crippen LogP contribution is 2.03. The number of hydrogen-bond donors (Lipinski definition) is 2. The van der Waals surface area contributed by atoms with Crippen LogP contribution in [-0.2, 0) is 4.79 Å². The summed E-state index contributed by atoms with van der Waals surface area (Å²) in [4.78, 5) is 28.5. The maximum atomic E-state index is 11.1. The van der Waals surface area contributed by atoms with Crippen LogP contribution in [0.4, 0.5) is 0 Å². The zero-order valence-electron chi connectivity index (χ0n) is 8.42. The van der Waals surface area contributed by atoms with Gasteiger partial charge in [0.15, 0.2) is 0 Å². The first kappa shape index (κ1) is 10.4. The molecule has 0 aliphatic carbocycles. The monoisotopic (exact) mass is 195 g/mol. The third kappa shape index (κ3) is 2.69. The lowest BCUT2D eigenvalue weighted by molar-refractivity contribution is -0.119. The fraction of sp³-hybridized carbons (Fsp3) is 0.444. The number of nitrogens with zero attached hydrogens (tertiary/aromatic N) is 1. The van der Waals surface area contributed by atoms with Crippen molar-refractivity contribution in [3.8, 4) is 0 Å². The topological polar surface area (TPSA) is 74.8 Å². The molecule has 5 nitrogen and oxygen atoms in total. The molecule has 0 aliphatic rings. The van der Waals surface area contributed by atoms with Gasteiger partial charge in [0.2, 0.25) is 5.91 Å². The third-order valence-corrected chi connectivity index (χ3v) is 1.72. The van der Waals surface area contributed by atoms with E-state index in [0.717, 1.165) is 0 Å². The Kier molecular flexibility index (Phi) is 3.01. The van der Waals surface area contributed by atoms with E-state index >= 15 is 0 Å². The van der Waals surface area contributed by atoms with E-state index in [1.54, 1.807) is 13.8 Å². The van der Waals surface area contributed by atoms with E-state index in [9.17, 15) is 9.59 Å². The molecule has 1 atom stereocenters. The normalized spacial score (nSPS) is 12.2. The highest BCUT2D eigenvalue weighted by Gasteiger charge is 2.09. The molecule has 1 aromatic heterocycles. The zero-order valence-corrected chi connectivity index (χ0v) is 8.42. The second-order valence-corrected chi connectivity index (χ2v) is 3.19. The molecule has 0 aliphatic heterocycles. The molecule has 1 heterocycles. The Hall–Kier alpha value is -1.65. The molecule has 1 rings (SSSR count). The van der Waals surface area contributed by atoms with Crippen molar-refractivity contribution in [3.63, 3.8) is 0 Å². The van der Waals surface area contributed by atoms with E-state index in [1.165, 1.54) is 13.0 Å². The zero-order chi connectivity index (χ0) is 10.7. The minimum atomic E-state index is -0.278. The van der Waals surface area contributed by atoms with Gasteiger partial charge >= 0.3 is 0 Å². The van der Waals surface area contributed by atoms with Crippen molar-refractivity contribution in [2.75, 3.05) is 0 Å². The average Bonchev–Trinajstić information content (AvgIpc) is 2.00. The average molecular weight is 195 g/mol. The van der Waals surface area contributed by atoms with Crippen LogP contribution >= 0.6 is 0 Å². The summed E-state index contributed by atoms with van der Waals surface area (Å²) in [6.45, 7) is 4.92. The number of rotatable bonds is 2. The van der Waals surface area contributed by atoms with Crippen molar-refractivity contribution in [2.45, 2.75) is 26.8 Å². The summed E-state index contributed by atoms with van der Waals surface area (Å²) in [5.74, 6) is 0.326. The van der Waals surface area contributed by atoms with Crippen LogP contribution < -0.4 is 10.9 Å². The van der Waals surface area contributed by atoms with Gasteiger partial charge in [-0.3, -0.25) is 9.59 Å². The van der Waals surface area contributed by atoms with E-state index in [4.69, 9.17) is 0 Å². The van der Waals surface area contributed by atoms with Gasteiger partial charge in [-0.15, -0.1) is 0 Å². The lowest BCUT2D eigenvalue weighted by Gasteiger charge is -2.11. The maximum Gasteiger partial charge on any atom is 0.251 e. The number of aromatic amines is 1.